The van der Waals surface area contributed by atoms with Gasteiger partial charge in [-0.2, -0.15) is 0 Å². The third kappa shape index (κ3) is 4.95. The largest absolute Gasteiger partial charge is 0.352 e. The Kier molecular flexibility index (Phi) is 7.94. The Labute approximate surface area is 128 Å². The standard InChI is InChI=1S/C12H15N3OS.2ClH/c1-8(14-11(16)7-13)6-12-15-9-4-2-3-5-10(9)17-12;;/h2-5,8H,6-7,13H2,1H3,(H,14,16);2*1H. The second kappa shape index (κ2) is 8.32. The second-order valence-corrected chi connectivity index (χ2v) is 5.07. The lowest BCUT2D eigenvalue weighted by Gasteiger charge is -2.10. The van der Waals surface area contributed by atoms with Crippen LogP contribution in [0.4, 0.5) is 0 Å². The third-order valence-electron chi connectivity index (χ3n) is 2.41. The first-order chi connectivity index (χ1) is 8.19. The van der Waals surface area contributed by atoms with Crippen molar-refractivity contribution < 1.29 is 4.79 Å². The molecule has 19 heavy (non-hydrogen) atoms. The quantitative estimate of drug-likeness (QED) is 0.906. The van der Waals surface area contributed by atoms with Crippen LogP contribution in [-0.2, 0) is 11.2 Å². The van der Waals surface area contributed by atoms with Gasteiger partial charge in [-0.05, 0) is 19.1 Å². The van der Waals surface area contributed by atoms with E-state index in [-0.39, 0.29) is 43.3 Å². The van der Waals surface area contributed by atoms with E-state index in [9.17, 15) is 4.79 Å². The van der Waals surface area contributed by atoms with Crippen LogP contribution in [0.25, 0.3) is 10.2 Å². The molecule has 2 rings (SSSR count). The van der Waals surface area contributed by atoms with E-state index in [1.54, 1.807) is 11.3 Å². The number of hydrogen-bond acceptors (Lipinski definition) is 4. The molecule has 1 heterocycles. The van der Waals surface area contributed by atoms with Gasteiger partial charge in [0.25, 0.3) is 0 Å². The number of aromatic nitrogens is 1. The molecule has 1 atom stereocenters. The first kappa shape index (κ1) is 18.1. The lowest BCUT2D eigenvalue weighted by atomic mass is 10.2. The Morgan fingerprint density at radius 1 is 1.42 bits per heavy atom. The molecule has 0 aliphatic heterocycles. The minimum absolute atomic E-state index is 0. The molecule has 0 saturated heterocycles. The van der Waals surface area contributed by atoms with Crippen molar-refractivity contribution in [1.82, 2.24) is 10.3 Å². The number of nitrogens with two attached hydrogens (primary N) is 1. The van der Waals surface area contributed by atoms with Crippen LogP contribution in [0, 0.1) is 0 Å². The number of rotatable bonds is 4. The first-order valence-corrected chi connectivity index (χ1v) is 6.34. The van der Waals surface area contributed by atoms with Gasteiger partial charge in [0.15, 0.2) is 0 Å². The van der Waals surface area contributed by atoms with E-state index in [0.29, 0.717) is 0 Å². The number of nitrogens with one attached hydrogen (secondary N) is 1. The fraction of sp³-hybridized carbons (Fsp3) is 0.333. The van der Waals surface area contributed by atoms with E-state index < -0.39 is 0 Å². The number of benzene rings is 1. The van der Waals surface area contributed by atoms with E-state index in [1.165, 1.54) is 4.70 Å². The second-order valence-electron chi connectivity index (χ2n) is 3.95. The van der Waals surface area contributed by atoms with Gasteiger partial charge in [0.2, 0.25) is 5.91 Å². The Hall–Kier alpha value is -0.880. The van der Waals surface area contributed by atoms with E-state index in [1.807, 2.05) is 25.1 Å². The fourth-order valence-corrected chi connectivity index (χ4v) is 2.75. The van der Waals surface area contributed by atoms with E-state index >= 15 is 0 Å². The summed E-state index contributed by atoms with van der Waals surface area (Å²) in [5.41, 5.74) is 6.27. The number of amides is 1. The molecule has 0 radical (unpaired) electrons. The number of carbonyl (C=O) groups excluding carboxylic acids is 1. The number of nitrogens with zero attached hydrogens (tertiary/aromatic N) is 1. The van der Waals surface area contributed by atoms with Crippen LogP contribution in [0.15, 0.2) is 24.3 Å². The summed E-state index contributed by atoms with van der Waals surface area (Å²) in [4.78, 5) is 15.7. The molecule has 7 heteroatoms. The average Bonchev–Trinajstić information content (AvgIpc) is 2.70. The van der Waals surface area contributed by atoms with Crippen molar-refractivity contribution in [2.24, 2.45) is 5.73 Å². The fourth-order valence-electron chi connectivity index (χ4n) is 1.65. The molecule has 0 saturated carbocycles. The molecule has 0 spiro atoms. The molecule has 106 valence electrons. The molecule has 1 unspecified atom stereocenters. The maximum absolute atomic E-state index is 11.1. The number of thiazole rings is 1. The Morgan fingerprint density at radius 3 is 2.74 bits per heavy atom. The van der Waals surface area contributed by atoms with Gasteiger partial charge >= 0.3 is 0 Å². The van der Waals surface area contributed by atoms with Crippen LogP contribution in [0.2, 0.25) is 0 Å². The molecule has 0 aliphatic rings. The van der Waals surface area contributed by atoms with Crippen LogP contribution < -0.4 is 11.1 Å². The minimum Gasteiger partial charge on any atom is -0.352 e. The number of para-hydroxylation sites is 1. The van der Waals surface area contributed by atoms with Crippen LogP contribution in [0.5, 0.6) is 0 Å². The average molecular weight is 322 g/mol. The normalized spacial score (nSPS) is 11.3. The van der Waals surface area contributed by atoms with Gasteiger partial charge in [-0.25, -0.2) is 4.98 Å². The first-order valence-electron chi connectivity index (χ1n) is 5.53. The molecule has 1 aromatic carbocycles. The topological polar surface area (TPSA) is 68.0 Å². The monoisotopic (exact) mass is 321 g/mol. The highest BCUT2D eigenvalue weighted by molar-refractivity contribution is 7.18. The van der Waals surface area contributed by atoms with Crippen molar-refractivity contribution in [3.8, 4) is 0 Å². The van der Waals surface area contributed by atoms with Crippen molar-refractivity contribution >= 4 is 52.3 Å². The lowest BCUT2D eigenvalue weighted by molar-refractivity contribution is -0.120. The summed E-state index contributed by atoms with van der Waals surface area (Å²) in [5, 5.41) is 3.86. The predicted molar refractivity (Wildman–Crippen MR) is 84.5 cm³/mol. The molecule has 3 N–H and O–H groups in total. The van der Waals surface area contributed by atoms with Crippen molar-refractivity contribution in [3.05, 3.63) is 29.3 Å². The molecular formula is C12H17Cl2N3OS. The Bertz CT molecular complexity index is 499. The number of carbonyl (C=O) groups is 1. The lowest BCUT2D eigenvalue weighted by Crippen LogP contribution is -2.38. The molecule has 4 nitrogen and oxygen atoms in total. The van der Waals surface area contributed by atoms with Crippen LogP contribution in [-0.4, -0.2) is 23.5 Å². The van der Waals surface area contributed by atoms with Gasteiger partial charge in [0.1, 0.15) is 0 Å². The summed E-state index contributed by atoms with van der Waals surface area (Å²) in [6.07, 6.45) is 0.741. The predicted octanol–water partition coefficient (Wildman–Crippen LogP) is 2.15. The van der Waals surface area contributed by atoms with Crippen molar-refractivity contribution in [1.29, 1.82) is 0 Å². The highest BCUT2D eigenvalue weighted by Gasteiger charge is 2.10. The SMILES string of the molecule is CC(Cc1nc2ccccc2s1)NC(=O)CN.Cl.Cl. The molecular weight excluding hydrogens is 305 g/mol. The van der Waals surface area contributed by atoms with Gasteiger partial charge in [-0.15, -0.1) is 36.2 Å². The minimum atomic E-state index is -0.126. The van der Waals surface area contributed by atoms with Crippen LogP contribution in [0.3, 0.4) is 0 Å². The summed E-state index contributed by atoms with van der Waals surface area (Å²) in [5.74, 6) is -0.126. The Balaban J connectivity index is 0.00000162. The molecule has 0 bridgehead atoms. The van der Waals surface area contributed by atoms with Crippen LogP contribution >= 0.6 is 36.2 Å². The number of fused-ring (bicyclic) bond motifs is 1. The molecule has 1 aromatic heterocycles. The van der Waals surface area contributed by atoms with Gasteiger partial charge in [-0.1, -0.05) is 12.1 Å². The summed E-state index contributed by atoms with van der Waals surface area (Å²) in [6, 6.07) is 8.10. The van der Waals surface area contributed by atoms with Gasteiger partial charge < -0.3 is 11.1 Å². The van der Waals surface area contributed by atoms with Crippen molar-refractivity contribution in [3.63, 3.8) is 0 Å². The highest BCUT2D eigenvalue weighted by Crippen LogP contribution is 2.22. The van der Waals surface area contributed by atoms with Gasteiger partial charge in [0, 0.05) is 12.5 Å². The molecule has 0 aliphatic carbocycles. The molecule has 1 amide bonds. The van der Waals surface area contributed by atoms with Gasteiger partial charge in [-0.3, -0.25) is 4.79 Å². The zero-order chi connectivity index (χ0) is 12.3. The third-order valence-corrected chi connectivity index (χ3v) is 3.47. The zero-order valence-corrected chi connectivity index (χ0v) is 12.9. The summed E-state index contributed by atoms with van der Waals surface area (Å²) < 4.78 is 1.18. The zero-order valence-electron chi connectivity index (χ0n) is 10.5. The van der Waals surface area contributed by atoms with Crippen LogP contribution in [0.1, 0.15) is 11.9 Å². The number of hydrogen-bond donors (Lipinski definition) is 2. The van der Waals surface area contributed by atoms with E-state index in [0.717, 1.165) is 16.9 Å². The molecule has 0 fully saturated rings. The summed E-state index contributed by atoms with van der Waals surface area (Å²) >= 11 is 1.67. The summed E-state index contributed by atoms with van der Waals surface area (Å²) in [7, 11) is 0. The number of halogens is 2. The maximum atomic E-state index is 11.1. The van der Waals surface area contributed by atoms with Crippen molar-refractivity contribution in [2.75, 3.05) is 6.54 Å². The van der Waals surface area contributed by atoms with E-state index in [2.05, 4.69) is 16.4 Å². The maximum Gasteiger partial charge on any atom is 0.233 e. The Morgan fingerprint density at radius 2 is 2.11 bits per heavy atom. The summed E-state index contributed by atoms with van der Waals surface area (Å²) in [6.45, 7) is 1.99. The highest BCUT2D eigenvalue weighted by atomic mass is 35.5. The van der Waals surface area contributed by atoms with Crippen molar-refractivity contribution in [2.45, 2.75) is 19.4 Å². The van der Waals surface area contributed by atoms with E-state index in [4.69, 9.17) is 5.73 Å². The molecule has 2 aromatic rings. The van der Waals surface area contributed by atoms with Gasteiger partial charge in [0.05, 0.1) is 21.8 Å². The smallest absolute Gasteiger partial charge is 0.233 e.